The summed E-state index contributed by atoms with van der Waals surface area (Å²) in [6.07, 6.45) is 1.47. The predicted molar refractivity (Wildman–Crippen MR) is 104 cm³/mol. The number of thiazole rings is 1. The number of hydrogen-bond donors (Lipinski definition) is 2. The Labute approximate surface area is 158 Å². The summed E-state index contributed by atoms with van der Waals surface area (Å²) < 4.78 is 0.837. The molecule has 0 amide bonds. The number of nitriles is 1. The van der Waals surface area contributed by atoms with E-state index in [1.54, 1.807) is 12.1 Å². The lowest BCUT2D eigenvalue weighted by Crippen LogP contribution is -1.94. The number of rotatable bonds is 4. The highest BCUT2D eigenvalue weighted by Crippen LogP contribution is 2.32. The van der Waals surface area contributed by atoms with Gasteiger partial charge in [-0.05, 0) is 42.5 Å². The molecule has 2 aromatic heterocycles. The van der Waals surface area contributed by atoms with Crippen molar-refractivity contribution in [2.75, 3.05) is 10.6 Å². The standard InChI is InChI=1S/C18H11ClN6S/c19-12-2-1-3-14(8-12)23-16-15-17(22-10-21-16)25-18(26-15)24-13-6-4-11(9-20)5-7-13/h1-8,10H,(H2,21,22,23,24,25). The lowest BCUT2D eigenvalue weighted by molar-refractivity contribution is 1.20. The molecule has 0 radical (unpaired) electrons. The molecule has 2 heterocycles. The van der Waals surface area contributed by atoms with Crippen molar-refractivity contribution in [1.82, 2.24) is 15.0 Å². The molecule has 4 rings (SSSR count). The molecule has 0 spiro atoms. The smallest absolute Gasteiger partial charge is 0.189 e. The zero-order valence-electron chi connectivity index (χ0n) is 13.3. The van der Waals surface area contributed by atoms with Gasteiger partial charge in [-0.3, -0.25) is 0 Å². The van der Waals surface area contributed by atoms with E-state index in [4.69, 9.17) is 16.9 Å². The molecule has 4 aromatic rings. The topological polar surface area (TPSA) is 86.5 Å². The van der Waals surface area contributed by atoms with Gasteiger partial charge in [-0.15, -0.1) is 0 Å². The minimum absolute atomic E-state index is 0.602. The van der Waals surface area contributed by atoms with E-state index in [-0.39, 0.29) is 0 Å². The summed E-state index contributed by atoms with van der Waals surface area (Å²) in [6.45, 7) is 0. The van der Waals surface area contributed by atoms with Gasteiger partial charge in [0.15, 0.2) is 16.6 Å². The van der Waals surface area contributed by atoms with E-state index in [2.05, 4.69) is 31.7 Å². The van der Waals surface area contributed by atoms with E-state index in [0.29, 0.717) is 27.2 Å². The molecule has 0 aliphatic rings. The van der Waals surface area contributed by atoms with Crippen LogP contribution in [-0.4, -0.2) is 15.0 Å². The minimum atomic E-state index is 0.602. The Balaban J connectivity index is 1.63. The molecule has 0 fully saturated rings. The van der Waals surface area contributed by atoms with Crippen LogP contribution in [0.15, 0.2) is 54.9 Å². The van der Waals surface area contributed by atoms with Crippen LogP contribution < -0.4 is 10.6 Å². The van der Waals surface area contributed by atoms with Crippen LogP contribution in [0.25, 0.3) is 10.3 Å². The molecule has 2 N–H and O–H groups in total. The molecule has 8 heteroatoms. The summed E-state index contributed by atoms with van der Waals surface area (Å²) in [5.74, 6) is 0.669. The number of aromatic nitrogens is 3. The Hall–Kier alpha value is -3.21. The highest BCUT2D eigenvalue weighted by atomic mass is 35.5. The molecule has 6 nitrogen and oxygen atoms in total. The van der Waals surface area contributed by atoms with Gasteiger partial charge in [0.1, 0.15) is 11.0 Å². The van der Waals surface area contributed by atoms with Crippen LogP contribution in [0.1, 0.15) is 5.56 Å². The van der Waals surface area contributed by atoms with Gasteiger partial charge in [0, 0.05) is 16.4 Å². The maximum Gasteiger partial charge on any atom is 0.189 e. The van der Waals surface area contributed by atoms with E-state index in [0.717, 1.165) is 16.1 Å². The third-order valence-electron chi connectivity index (χ3n) is 3.54. The summed E-state index contributed by atoms with van der Waals surface area (Å²) >= 11 is 7.48. The van der Waals surface area contributed by atoms with Crippen molar-refractivity contribution in [2.24, 2.45) is 0 Å². The Bertz CT molecular complexity index is 1120. The first-order valence-electron chi connectivity index (χ1n) is 7.62. The van der Waals surface area contributed by atoms with Crippen LogP contribution in [-0.2, 0) is 0 Å². The lowest BCUT2D eigenvalue weighted by Gasteiger charge is -2.05. The molecule has 0 bridgehead atoms. The van der Waals surface area contributed by atoms with Crippen LogP contribution in [0, 0.1) is 11.3 Å². The third-order valence-corrected chi connectivity index (χ3v) is 4.75. The molecule has 26 heavy (non-hydrogen) atoms. The van der Waals surface area contributed by atoms with Crippen LogP contribution in [0.5, 0.6) is 0 Å². The summed E-state index contributed by atoms with van der Waals surface area (Å²) in [5.41, 5.74) is 2.90. The fourth-order valence-corrected chi connectivity index (χ4v) is 3.43. The van der Waals surface area contributed by atoms with Crippen LogP contribution in [0.3, 0.4) is 0 Å². The van der Waals surface area contributed by atoms with E-state index in [1.165, 1.54) is 17.7 Å². The van der Waals surface area contributed by atoms with E-state index >= 15 is 0 Å². The van der Waals surface area contributed by atoms with Crippen molar-refractivity contribution in [3.05, 3.63) is 65.4 Å². The maximum absolute atomic E-state index is 8.87. The number of nitrogens with one attached hydrogen (secondary N) is 2. The predicted octanol–water partition coefficient (Wildman–Crippen LogP) is 5.10. The number of anilines is 4. The van der Waals surface area contributed by atoms with Gasteiger partial charge in [0.25, 0.3) is 0 Å². The van der Waals surface area contributed by atoms with Gasteiger partial charge < -0.3 is 10.6 Å². The van der Waals surface area contributed by atoms with Crippen molar-refractivity contribution in [3.63, 3.8) is 0 Å². The molecule has 0 aliphatic carbocycles. The molecule has 0 unspecified atom stereocenters. The van der Waals surface area contributed by atoms with Gasteiger partial charge in [-0.25, -0.2) is 9.97 Å². The molecule has 0 saturated carbocycles. The SMILES string of the molecule is N#Cc1ccc(Nc2nc3ncnc(Nc4cccc(Cl)c4)c3s2)cc1. The Kier molecular flexibility index (Phi) is 4.35. The van der Waals surface area contributed by atoms with Gasteiger partial charge in [-0.1, -0.05) is 29.0 Å². The molecular weight excluding hydrogens is 368 g/mol. The van der Waals surface area contributed by atoms with Crippen LogP contribution in [0.2, 0.25) is 5.02 Å². The second-order valence-corrected chi connectivity index (χ2v) is 6.78. The number of halogens is 1. The highest BCUT2D eigenvalue weighted by Gasteiger charge is 2.11. The number of nitrogens with zero attached hydrogens (tertiary/aromatic N) is 4. The second kappa shape index (κ2) is 6.96. The summed E-state index contributed by atoms with van der Waals surface area (Å²) in [6, 6.07) is 16.7. The number of benzene rings is 2. The number of hydrogen-bond acceptors (Lipinski definition) is 7. The first-order chi connectivity index (χ1) is 12.7. The Morgan fingerprint density at radius 1 is 1.00 bits per heavy atom. The first kappa shape index (κ1) is 16.3. The van der Waals surface area contributed by atoms with Crippen molar-refractivity contribution in [3.8, 4) is 6.07 Å². The van der Waals surface area contributed by atoms with E-state index < -0.39 is 0 Å². The molecule has 0 aliphatic heterocycles. The second-order valence-electron chi connectivity index (χ2n) is 5.34. The molecule has 0 atom stereocenters. The van der Waals surface area contributed by atoms with Crippen molar-refractivity contribution in [1.29, 1.82) is 5.26 Å². The van der Waals surface area contributed by atoms with Crippen molar-refractivity contribution in [2.45, 2.75) is 0 Å². The Morgan fingerprint density at radius 3 is 2.62 bits per heavy atom. The summed E-state index contributed by atoms with van der Waals surface area (Å²) in [5, 5.41) is 16.7. The normalized spacial score (nSPS) is 10.5. The van der Waals surface area contributed by atoms with Gasteiger partial charge in [-0.2, -0.15) is 10.2 Å². The molecule has 126 valence electrons. The average Bonchev–Trinajstić information content (AvgIpc) is 3.06. The fourth-order valence-electron chi connectivity index (χ4n) is 2.35. The fraction of sp³-hybridized carbons (Fsp3) is 0. The largest absolute Gasteiger partial charge is 0.339 e. The van der Waals surface area contributed by atoms with Crippen LogP contribution >= 0.6 is 22.9 Å². The van der Waals surface area contributed by atoms with E-state index in [9.17, 15) is 0 Å². The molecule has 0 saturated heterocycles. The first-order valence-corrected chi connectivity index (χ1v) is 8.82. The zero-order valence-corrected chi connectivity index (χ0v) is 14.8. The lowest BCUT2D eigenvalue weighted by atomic mass is 10.2. The highest BCUT2D eigenvalue weighted by molar-refractivity contribution is 7.22. The number of fused-ring (bicyclic) bond motifs is 1. The van der Waals surface area contributed by atoms with Crippen molar-refractivity contribution < 1.29 is 0 Å². The summed E-state index contributed by atoms with van der Waals surface area (Å²) in [7, 11) is 0. The Morgan fingerprint density at radius 2 is 1.85 bits per heavy atom. The third kappa shape index (κ3) is 3.42. The zero-order chi connectivity index (χ0) is 17.9. The van der Waals surface area contributed by atoms with Gasteiger partial charge in [0.05, 0.1) is 11.6 Å². The van der Waals surface area contributed by atoms with E-state index in [1.807, 2.05) is 36.4 Å². The van der Waals surface area contributed by atoms with Crippen LogP contribution in [0.4, 0.5) is 22.3 Å². The molecule has 2 aromatic carbocycles. The minimum Gasteiger partial charge on any atom is -0.339 e. The maximum atomic E-state index is 8.87. The quantitative estimate of drug-likeness (QED) is 0.513. The van der Waals surface area contributed by atoms with Gasteiger partial charge >= 0.3 is 0 Å². The summed E-state index contributed by atoms with van der Waals surface area (Å²) in [4.78, 5) is 13.0. The molecular formula is C18H11ClN6S. The monoisotopic (exact) mass is 378 g/mol. The average molecular weight is 379 g/mol. The van der Waals surface area contributed by atoms with Gasteiger partial charge in [0.2, 0.25) is 0 Å². The van der Waals surface area contributed by atoms with Crippen molar-refractivity contribution >= 4 is 55.6 Å².